The number of aliphatic hydroxyl groups is 1. The maximum Gasteiger partial charge on any atom is 0.289 e. The van der Waals surface area contributed by atoms with E-state index in [1.165, 1.54) is 6.07 Å². The van der Waals surface area contributed by atoms with Crippen molar-refractivity contribution >= 4 is 49.8 Å². The third kappa shape index (κ3) is 4.90. The Labute approximate surface area is 233 Å². The fourth-order valence-corrected chi connectivity index (χ4v) is 5.57. The highest BCUT2D eigenvalue weighted by Gasteiger charge is 2.27. The molecule has 1 aliphatic heterocycles. The van der Waals surface area contributed by atoms with Crippen LogP contribution in [0.1, 0.15) is 36.0 Å². The van der Waals surface area contributed by atoms with Gasteiger partial charge in [-0.2, -0.15) is 9.61 Å². The Hall–Kier alpha value is -3.76. The molecule has 4 heterocycles. The van der Waals surface area contributed by atoms with E-state index in [9.17, 15) is 14.7 Å². The first kappa shape index (κ1) is 25.5. The highest BCUT2D eigenvalue weighted by molar-refractivity contribution is 9.10. The standard InChI is InChI=1S/C29H28BrN5O4/c1-17-5-4-7-19(27(17)37)22-13-26(35-28(33-22)21(30)16-32-35)31-15-18-9-11-34(12-10-18)29(38)25-14-23(36)20-6-2-3-8-24(20)39-25/h2-8,13-14,16-18,27,31,37H,9-12,15H2,1H3. The molecule has 2 N–H and O–H groups in total. The molecule has 0 bridgehead atoms. The third-order valence-electron chi connectivity index (χ3n) is 7.55. The lowest BCUT2D eigenvalue weighted by atomic mass is 9.90. The summed E-state index contributed by atoms with van der Waals surface area (Å²) in [7, 11) is 0. The fraction of sp³-hybridized carbons (Fsp3) is 0.310. The van der Waals surface area contributed by atoms with Gasteiger partial charge in [0, 0.05) is 43.3 Å². The molecular formula is C29H28BrN5O4. The van der Waals surface area contributed by atoms with Gasteiger partial charge in [-0.05, 0) is 46.8 Å². The number of para-hydroxylation sites is 1. The molecule has 1 fully saturated rings. The van der Waals surface area contributed by atoms with Crippen LogP contribution in [-0.2, 0) is 0 Å². The van der Waals surface area contributed by atoms with E-state index in [4.69, 9.17) is 9.40 Å². The van der Waals surface area contributed by atoms with E-state index in [2.05, 4.69) is 26.3 Å². The molecule has 4 aromatic rings. The zero-order valence-corrected chi connectivity index (χ0v) is 23.0. The van der Waals surface area contributed by atoms with Gasteiger partial charge in [-0.25, -0.2) is 4.98 Å². The monoisotopic (exact) mass is 589 g/mol. The SMILES string of the molecule is CC1C=CC=C(c2cc(NCC3CCN(C(=O)c4cc(=O)c5ccccc5o4)CC3)n3ncc(Br)c3n2)C1O. The third-order valence-corrected chi connectivity index (χ3v) is 8.11. The number of piperidine rings is 1. The molecule has 1 amide bonds. The average Bonchev–Trinajstić information content (AvgIpc) is 3.33. The second-order valence-electron chi connectivity index (χ2n) is 10.2. The molecule has 1 aromatic carbocycles. The molecule has 2 aliphatic rings. The van der Waals surface area contributed by atoms with Crippen LogP contribution in [0.5, 0.6) is 0 Å². The summed E-state index contributed by atoms with van der Waals surface area (Å²) in [4.78, 5) is 32.0. The zero-order chi connectivity index (χ0) is 27.1. The predicted molar refractivity (Wildman–Crippen MR) is 153 cm³/mol. The van der Waals surface area contributed by atoms with Crippen molar-refractivity contribution in [2.75, 3.05) is 25.0 Å². The van der Waals surface area contributed by atoms with E-state index in [1.54, 1.807) is 39.9 Å². The first-order chi connectivity index (χ1) is 18.9. The molecular weight excluding hydrogens is 562 g/mol. The van der Waals surface area contributed by atoms with Gasteiger partial charge in [0.05, 0.1) is 27.9 Å². The first-order valence-corrected chi connectivity index (χ1v) is 13.9. The summed E-state index contributed by atoms with van der Waals surface area (Å²) in [5, 5.41) is 19.2. The molecule has 0 radical (unpaired) electrons. The number of carbonyl (C=O) groups excluding carboxylic acids is 1. The Balaban J connectivity index is 1.14. The van der Waals surface area contributed by atoms with Crippen LogP contribution in [0, 0.1) is 11.8 Å². The number of benzene rings is 1. The maximum absolute atomic E-state index is 13.1. The quantitative estimate of drug-likeness (QED) is 0.352. The van der Waals surface area contributed by atoms with Gasteiger partial charge in [0.25, 0.3) is 5.91 Å². The highest BCUT2D eigenvalue weighted by atomic mass is 79.9. The van der Waals surface area contributed by atoms with E-state index < -0.39 is 6.10 Å². The van der Waals surface area contributed by atoms with Crippen LogP contribution in [0.3, 0.4) is 0 Å². The van der Waals surface area contributed by atoms with Crippen LogP contribution in [0.15, 0.2) is 74.5 Å². The average molecular weight is 590 g/mol. The summed E-state index contributed by atoms with van der Waals surface area (Å²) in [6.45, 7) is 3.83. The number of hydrogen-bond acceptors (Lipinski definition) is 7. The van der Waals surface area contributed by atoms with Crippen molar-refractivity contribution in [1.82, 2.24) is 19.5 Å². The van der Waals surface area contributed by atoms with Crippen molar-refractivity contribution in [2.45, 2.75) is 25.9 Å². The largest absolute Gasteiger partial charge is 0.451 e. The molecule has 3 aromatic heterocycles. The number of aliphatic hydroxyl groups excluding tert-OH is 1. The summed E-state index contributed by atoms with van der Waals surface area (Å²) >= 11 is 3.54. The van der Waals surface area contributed by atoms with Crippen LogP contribution < -0.4 is 10.7 Å². The van der Waals surface area contributed by atoms with E-state index >= 15 is 0 Å². The molecule has 2 unspecified atom stereocenters. The van der Waals surface area contributed by atoms with E-state index in [0.29, 0.717) is 47.9 Å². The molecule has 2 atom stereocenters. The van der Waals surface area contributed by atoms with Crippen LogP contribution in [-0.4, -0.2) is 56.2 Å². The summed E-state index contributed by atoms with van der Waals surface area (Å²) in [6.07, 6.45) is 8.54. The Morgan fingerprint density at radius 1 is 1.23 bits per heavy atom. The number of anilines is 1. The second kappa shape index (κ2) is 10.4. The fourth-order valence-electron chi connectivity index (χ4n) is 5.22. The number of likely N-dealkylation sites (tertiary alicyclic amines) is 1. The van der Waals surface area contributed by atoms with Crippen molar-refractivity contribution in [1.29, 1.82) is 0 Å². The molecule has 1 aliphatic carbocycles. The van der Waals surface area contributed by atoms with Crippen LogP contribution in [0.2, 0.25) is 0 Å². The van der Waals surface area contributed by atoms with Gasteiger partial charge in [-0.15, -0.1) is 0 Å². The lowest BCUT2D eigenvalue weighted by Gasteiger charge is -2.32. The van der Waals surface area contributed by atoms with E-state index in [0.717, 1.165) is 28.7 Å². The summed E-state index contributed by atoms with van der Waals surface area (Å²) < 4.78 is 8.28. The number of nitrogens with one attached hydrogen (secondary N) is 1. The van der Waals surface area contributed by atoms with Gasteiger partial charge in [0.1, 0.15) is 11.4 Å². The maximum atomic E-state index is 13.1. The second-order valence-corrected chi connectivity index (χ2v) is 11.0. The molecule has 1 saturated heterocycles. The summed E-state index contributed by atoms with van der Waals surface area (Å²) in [5.74, 6) is 0.949. The minimum absolute atomic E-state index is 0.00307. The lowest BCUT2D eigenvalue weighted by molar-refractivity contribution is 0.0663. The molecule has 0 spiro atoms. The first-order valence-electron chi connectivity index (χ1n) is 13.1. The topological polar surface area (TPSA) is 113 Å². The van der Waals surface area contributed by atoms with Crippen LogP contribution in [0.25, 0.3) is 22.2 Å². The van der Waals surface area contributed by atoms with Crippen molar-refractivity contribution < 1.29 is 14.3 Å². The number of aromatic nitrogens is 3. The molecule has 6 rings (SSSR count). The smallest absolute Gasteiger partial charge is 0.289 e. The Morgan fingerprint density at radius 3 is 2.85 bits per heavy atom. The number of hydrogen-bond donors (Lipinski definition) is 2. The Kier molecular flexibility index (Phi) is 6.82. The Bertz CT molecular complexity index is 1680. The van der Waals surface area contributed by atoms with Gasteiger partial charge in [0.15, 0.2) is 16.8 Å². The van der Waals surface area contributed by atoms with Gasteiger partial charge in [-0.1, -0.05) is 37.3 Å². The van der Waals surface area contributed by atoms with Crippen LogP contribution in [0.4, 0.5) is 5.82 Å². The van der Waals surface area contributed by atoms with Crippen molar-refractivity contribution in [3.8, 4) is 0 Å². The molecule has 10 heteroatoms. The number of fused-ring (bicyclic) bond motifs is 2. The van der Waals surface area contributed by atoms with Crippen LogP contribution >= 0.6 is 15.9 Å². The van der Waals surface area contributed by atoms with Crippen molar-refractivity contribution in [2.24, 2.45) is 11.8 Å². The van der Waals surface area contributed by atoms with Gasteiger partial charge < -0.3 is 19.7 Å². The summed E-state index contributed by atoms with van der Waals surface area (Å²) in [6, 6.07) is 10.2. The minimum atomic E-state index is -0.631. The number of rotatable bonds is 5. The molecule has 0 saturated carbocycles. The lowest BCUT2D eigenvalue weighted by Crippen LogP contribution is -2.40. The van der Waals surface area contributed by atoms with Gasteiger partial charge in [0.2, 0.25) is 0 Å². The molecule has 9 nitrogen and oxygen atoms in total. The number of allylic oxidation sites excluding steroid dienone is 2. The number of nitrogens with zero attached hydrogens (tertiary/aromatic N) is 4. The zero-order valence-electron chi connectivity index (χ0n) is 21.4. The molecule has 200 valence electrons. The number of amides is 1. The van der Waals surface area contributed by atoms with E-state index in [1.807, 2.05) is 31.2 Å². The van der Waals surface area contributed by atoms with E-state index in [-0.39, 0.29) is 23.0 Å². The highest BCUT2D eigenvalue weighted by Crippen LogP contribution is 2.30. The Morgan fingerprint density at radius 2 is 2.03 bits per heavy atom. The molecule has 39 heavy (non-hydrogen) atoms. The number of halogens is 1. The number of carbonyl (C=O) groups is 1. The minimum Gasteiger partial charge on any atom is -0.451 e. The van der Waals surface area contributed by atoms with Crippen molar-refractivity contribution in [3.05, 3.63) is 87.0 Å². The van der Waals surface area contributed by atoms with Gasteiger partial charge in [-0.3, -0.25) is 9.59 Å². The van der Waals surface area contributed by atoms with Crippen molar-refractivity contribution in [3.63, 3.8) is 0 Å². The van der Waals surface area contributed by atoms with Gasteiger partial charge >= 0.3 is 0 Å². The predicted octanol–water partition coefficient (Wildman–Crippen LogP) is 4.51. The normalized spacial score (nSPS) is 20.0. The summed E-state index contributed by atoms with van der Waals surface area (Å²) in [5.41, 5.74) is 2.35.